The number of rotatable bonds is 4. The van der Waals surface area contributed by atoms with Gasteiger partial charge in [-0.15, -0.1) is 0 Å². The smallest absolute Gasteiger partial charge is 0.127 e. The summed E-state index contributed by atoms with van der Waals surface area (Å²) in [5.74, 6) is -0.473. The molecular weight excluding hydrogens is 309 g/mol. The molecule has 1 atom stereocenters. The lowest BCUT2D eigenvalue weighted by molar-refractivity contribution is 0.466. The average molecular weight is 324 g/mol. The molecule has 4 heteroatoms. The monoisotopic (exact) mass is 323 g/mol. The quantitative estimate of drug-likeness (QED) is 0.886. The fourth-order valence-electron chi connectivity index (χ4n) is 1.90. The van der Waals surface area contributed by atoms with Gasteiger partial charge in [-0.3, -0.25) is 0 Å². The van der Waals surface area contributed by atoms with Gasteiger partial charge in [0.25, 0.3) is 0 Å². The van der Waals surface area contributed by atoms with Gasteiger partial charge in [-0.2, -0.15) is 0 Å². The van der Waals surface area contributed by atoms with Gasteiger partial charge in [0.15, 0.2) is 0 Å². The molecule has 19 heavy (non-hydrogen) atoms. The molecule has 0 heterocycles. The second-order valence-corrected chi connectivity index (χ2v) is 5.39. The van der Waals surface area contributed by atoms with Gasteiger partial charge in [0.05, 0.1) is 0 Å². The highest BCUT2D eigenvalue weighted by Crippen LogP contribution is 2.19. The van der Waals surface area contributed by atoms with E-state index in [1.54, 1.807) is 6.07 Å². The van der Waals surface area contributed by atoms with E-state index < -0.39 is 5.82 Å². The first kappa shape index (κ1) is 14.0. The van der Waals surface area contributed by atoms with Crippen LogP contribution in [-0.4, -0.2) is 5.11 Å². The molecule has 0 fully saturated rings. The normalized spacial score (nSPS) is 12.4. The molecule has 0 aliphatic rings. The molecule has 100 valence electrons. The maximum Gasteiger partial charge on any atom is 0.127 e. The van der Waals surface area contributed by atoms with E-state index in [-0.39, 0.29) is 11.8 Å². The fourth-order valence-corrected chi connectivity index (χ4v) is 2.32. The van der Waals surface area contributed by atoms with Gasteiger partial charge < -0.3 is 10.4 Å². The Kier molecular flexibility index (Phi) is 4.56. The predicted octanol–water partition coefficient (Wildman–Crippen LogP) is 4.14. The molecule has 0 saturated heterocycles. The van der Waals surface area contributed by atoms with Gasteiger partial charge in [0.2, 0.25) is 0 Å². The van der Waals surface area contributed by atoms with E-state index in [0.29, 0.717) is 6.54 Å². The van der Waals surface area contributed by atoms with Crippen molar-refractivity contribution in [3.05, 3.63) is 63.9 Å². The highest BCUT2D eigenvalue weighted by atomic mass is 79.9. The first-order valence-corrected chi connectivity index (χ1v) is 6.81. The second-order valence-electron chi connectivity index (χ2n) is 4.48. The van der Waals surface area contributed by atoms with Crippen LogP contribution in [0.2, 0.25) is 0 Å². The Bertz CT molecular complexity index is 554. The lowest BCUT2D eigenvalue weighted by atomic mass is 10.1. The number of benzene rings is 2. The third-order valence-electron chi connectivity index (χ3n) is 2.90. The number of hydrogen-bond donors (Lipinski definition) is 2. The number of phenols is 1. The Morgan fingerprint density at radius 2 is 2.05 bits per heavy atom. The van der Waals surface area contributed by atoms with E-state index in [0.717, 1.165) is 21.7 Å². The highest BCUT2D eigenvalue weighted by molar-refractivity contribution is 9.10. The minimum absolute atomic E-state index is 0.0492. The molecule has 0 aromatic heterocycles. The standard InChI is InChI=1S/C15H15BrFNO/c1-10(12-3-2-4-13(16)7-12)18-9-11-5-14(17)8-15(19)6-11/h2-8,10,18-19H,9H2,1H3. The second kappa shape index (κ2) is 6.17. The largest absolute Gasteiger partial charge is 0.508 e. The lowest BCUT2D eigenvalue weighted by Gasteiger charge is -2.15. The van der Waals surface area contributed by atoms with E-state index in [2.05, 4.69) is 21.2 Å². The van der Waals surface area contributed by atoms with Crippen LogP contribution in [0.3, 0.4) is 0 Å². The topological polar surface area (TPSA) is 32.3 Å². The molecule has 2 nitrogen and oxygen atoms in total. The molecule has 0 aliphatic heterocycles. The number of hydrogen-bond acceptors (Lipinski definition) is 2. The SMILES string of the molecule is CC(NCc1cc(O)cc(F)c1)c1cccc(Br)c1. The average Bonchev–Trinajstić information content (AvgIpc) is 2.35. The summed E-state index contributed by atoms with van der Waals surface area (Å²) < 4.78 is 14.2. The molecule has 0 aliphatic carbocycles. The van der Waals surface area contributed by atoms with Crippen LogP contribution in [-0.2, 0) is 6.54 Å². The Morgan fingerprint density at radius 3 is 2.74 bits per heavy atom. The summed E-state index contributed by atoms with van der Waals surface area (Å²) >= 11 is 3.44. The van der Waals surface area contributed by atoms with Crippen LogP contribution in [0, 0.1) is 5.82 Å². The number of nitrogens with one attached hydrogen (secondary N) is 1. The van der Waals surface area contributed by atoms with Gasteiger partial charge in [0.1, 0.15) is 11.6 Å². The van der Waals surface area contributed by atoms with Crippen LogP contribution in [0.1, 0.15) is 24.1 Å². The maximum absolute atomic E-state index is 13.1. The van der Waals surface area contributed by atoms with Gasteiger partial charge in [-0.25, -0.2) is 4.39 Å². The fraction of sp³-hybridized carbons (Fsp3) is 0.200. The molecule has 0 saturated carbocycles. The summed E-state index contributed by atoms with van der Waals surface area (Å²) in [4.78, 5) is 0. The zero-order chi connectivity index (χ0) is 13.8. The van der Waals surface area contributed by atoms with E-state index in [1.807, 2.05) is 31.2 Å². The van der Waals surface area contributed by atoms with Crippen molar-refractivity contribution in [2.24, 2.45) is 0 Å². The van der Waals surface area contributed by atoms with E-state index >= 15 is 0 Å². The summed E-state index contributed by atoms with van der Waals surface area (Å²) in [5.41, 5.74) is 1.87. The predicted molar refractivity (Wildman–Crippen MR) is 77.5 cm³/mol. The van der Waals surface area contributed by atoms with Crippen molar-refractivity contribution in [2.75, 3.05) is 0 Å². The first-order chi connectivity index (χ1) is 9.04. The van der Waals surface area contributed by atoms with Crippen molar-refractivity contribution in [3.63, 3.8) is 0 Å². The van der Waals surface area contributed by atoms with Crippen molar-refractivity contribution in [3.8, 4) is 5.75 Å². The maximum atomic E-state index is 13.1. The van der Waals surface area contributed by atoms with Crippen molar-refractivity contribution in [2.45, 2.75) is 19.5 Å². The molecule has 0 bridgehead atoms. The van der Waals surface area contributed by atoms with Gasteiger partial charge in [0, 0.05) is 23.1 Å². The number of phenolic OH excluding ortho intramolecular Hbond substituents is 1. The molecule has 2 aromatic carbocycles. The van der Waals surface area contributed by atoms with Gasteiger partial charge in [-0.05, 0) is 42.3 Å². The van der Waals surface area contributed by atoms with Crippen molar-refractivity contribution in [1.82, 2.24) is 5.32 Å². The van der Waals surface area contributed by atoms with E-state index in [4.69, 9.17) is 0 Å². The third kappa shape index (κ3) is 4.04. The van der Waals surface area contributed by atoms with Crippen LogP contribution in [0.15, 0.2) is 46.9 Å². The summed E-state index contributed by atoms with van der Waals surface area (Å²) in [7, 11) is 0. The van der Waals surface area contributed by atoms with Gasteiger partial charge in [-0.1, -0.05) is 28.1 Å². The summed E-state index contributed by atoms with van der Waals surface area (Å²) in [6.45, 7) is 2.54. The molecule has 2 N–H and O–H groups in total. The summed E-state index contributed by atoms with van der Waals surface area (Å²) in [6.07, 6.45) is 0. The minimum atomic E-state index is -0.424. The Balaban J connectivity index is 2.02. The van der Waals surface area contributed by atoms with Crippen LogP contribution in [0.25, 0.3) is 0 Å². The van der Waals surface area contributed by atoms with Gasteiger partial charge >= 0.3 is 0 Å². The molecule has 1 unspecified atom stereocenters. The van der Waals surface area contributed by atoms with Crippen molar-refractivity contribution < 1.29 is 9.50 Å². The third-order valence-corrected chi connectivity index (χ3v) is 3.40. The Morgan fingerprint density at radius 1 is 1.26 bits per heavy atom. The molecule has 2 aromatic rings. The number of halogens is 2. The van der Waals surface area contributed by atoms with Crippen LogP contribution < -0.4 is 5.32 Å². The van der Waals surface area contributed by atoms with E-state index in [1.165, 1.54) is 6.07 Å². The molecule has 0 radical (unpaired) electrons. The molecule has 0 amide bonds. The van der Waals surface area contributed by atoms with Crippen molar-refractivity contribution in [1.29, 1.82) is 0 Å². The van der Waals surface area contributed by atoms with Crippen LogP contribution in [0.5, 0.6) is 5.75 Å². The summed E-state index contributed by atoms with van der Waals surface area (Å²) in [5, 5.41) is 12.6. The van der Waals surface area contributed by atoms with E-state index in [9.17, 15) is 9.50 Å². The molecule has 2 rings (SSSR count). The Labute approximate surface area is 120 Å². The Hall–Kier alpha value is -1.39. The first-order valence-electron chi connectivity index (χ1n) is 6.02. The molecular formula is C15H15BrFNO. The van der Waals surface area contributed by atoms with Crippen LogP contribution in [0.4, 0.5) is 4.39 Å². The summed E-state index contributed by atoms with van der Waals surface area (Å²) in [6, 6.07) is 12.2. The lowest BCUT2D eigenvalue weighted by Crippen LogP contribution is -2.18. The zero-order valence-corrected chi connectivity index (χ0v) is 12.1. The molecule has 0 spiro atoms. The van der Waals surface area contributed by atoms with Crippen LogP contribution >= 0.6 is 15.9 Å². The highest BCUT2D eigenvalue weighted by Gasteiger charge is 2.06. The minimum Gasteiger partial charge on any atom is -0.508 e. The van der Waals surface area contributed by atoms with Crippen molar-refractivity contribution >= 4 is 15.9 Å². The number of aromatic hydroxyl groups is 1. The zero-order valence-electron chi connectivity index (χ0n) is 10.5.